The molecule has 0 fully saturated rings. The van der Waals surface area contributed by atoms with Crippen LogP contribution in [0.5, 0.6) is 0 Å². The molecule has 2 aromatic heterocycles. The van der Waals surface area contributed by atoms with E-state index in [1.54, 1.807) is 16.9 Å². The lowest BCUT2D eigenvalue weighted by Crippen LogP contribution is -2.06. The first-order chi connectivity index (χ1) is 8.60. The van der Waals surface area contributed by atoms with E-state index in [2.05, 4.69) is 30.7 Å². The van der Waals surface area contributed by atoms with Gasteiger partial charge in [0, 0.05) is 12.4 Å². The van der Waals surface area contributed by atoms with Crippen LogP contribution in [0.25, 0.3) is 0 Å². The summed E-state index contributed by atoms with van der Waals surface area (Å²) in [7, 11) is 1.29. The van der Waals surface area contributed by atoms with E-state index in [4.69, 9.17) is 0 Å². The summed E-state index contributed by atoms with van der Waals surface area (Å²) < 4.78 is 19.3. The smallest absolute Gasteiger partial charge is 0.359 e. The Bertz CT molecular complexity index is 568. The standard InChI is InChI=1S/C11H9BrFN3O2/c1-18-11(17)10-8(12)6-16(15-10)5-7-2-3-9(13)14-4-7/h2-4,6H,5H2,1H3. The Kier molecular flexibility index (Phi) is 3.71. The van der Waals surface area contributed by atoms with Gasteiger partial charge in [0.2, 0.25) is 5.95 Å². The van der Waals surface area contributed by atoms with Crippen LogP contribution in [-0.4, -0.2) is 27.8 Å². The van der Waals surface area contributed by atoms with Gasteiger partial charge < -0.3 is 4.74 Å². The van der Waals surface area contributed by atoms with Gasteiger partial charge in [-0.15, -0.1) is 0 Å². The van der Waals surface area contributed by atoms with Crippen LogP contribution in [0.1, 0.15) is 16.1 Å². The second-order valence-corrected chi connectivity index (χ2v) is 4.36. The van der Waals surface area contributed by atoms with Gasteiger partial charge in [-0.2, -0.15) is 9.49 Å². The molecule has 0 aliphatic rings. The van der Waals surface area contributed by atoms with Gasteiger partial charge in [-0.3, -0.25) is 4.68 Å². The second kappa shape index (κ2) is 5.26. The van der Waals surface area contributed by atoms with Crippen LogP contribution < -0.4 is 0 Å². The van der Waals surface area contributed by atoms with Crippen molar-refractivity contribution in [3.63, 3.8) is 0 Å². The van der Waals surface area contributed by atoms with Gasteiger partial charge in [0.05, 0.1) is 18.1 Å². The van der Waals surface area contributed by atoms with Gasteiger partial charge >= 0.3 is 5.97 Å². The van der Waals surface area contributed by atoms with Crippen LogP contribution in [-0.2, 0) is 11.3 Å². The maximum absolute atomic E-state index is 12.6. The molecular formula is C11H9BrFN3O2. The number of methoxy groups -OCH3 is 1. The highest BCUT2D eigenvalue weighted by atomic mass is 79.9. The molecule has 2 heterocycles. The minimum atomic E-state index is -0.532. The van der Waals surface area contributed by atoms with Crippen LogP contribution >= 0.6 is 15.9 Å². The Morgan fingerprint density at radius 3 is 2.94 bits per heavy atom. The Morgan fingerprint density at radius 2 is 2.33 bits per heavy atom. The molecule has 0 aliphatic carbocycles. The lowest BCUT2D eigenvalue weighted by Gasteiger charge is -2.00. The van der Waals surface area contributed by atoms with Crippen LogP contribution in [0, 0.1) is 5.95 Å². The highest BCUT2D eigenvalue weighted by Gasteiger charge is 2.15. The van der Waals surface area contributed by atoms with E-state index in [-0.39, 0.29) is 5.69 Å². The largest absolute Gasteiger partial charge is 0.464 e. The van der Waals surface area contributed by atoms with E-state index in [1.807, 2.05) is 0 Å². The zero-order chi connectivity index (χ0) is 13.1. The Hall–Kier alpha value is -1.76. The molecule has 0 unspecified atom stereocenters. The van der Waals surface area contributed by atoms with E-state index in [0.717, 1.165) is 5.56 Å². The van der Waals surface area contributed by atoms with Crippen LogP contribution in [0.3, 0.4) is 0 Å². The average molecular weight is 314 g/mol. The number of hydrogen-bond acceptors (Lipinski definition) is 4. The summed E-state index contributed by atoms with van der Waals surface area (Å²) in [6.45, 7) is 0.392. The summed E-state index contributed by atoms with van der Waals surface area (Å²) in [4.78, 5) is 14.9. The van der Waals surface area contributed by atoms with Crippen molar-refractivity contribution >= 4 is 21.9 Å². The van der Waals surface area contributed by atoms with Crippen molar-refractivity contribution in [2.75, 3.05) is 7.11 Å². The number of carbonyl (C=O) groups excluding carboxylic acids is 1. The van der Waals surface area contributed by atoms with E-state index < -0.39 is 11.9 Å². The molecule has 0 radical (unpaired) electrons. The predicted octanol–water partition coefficient (Wildman–Crippen LogP) is 2.01. The minimum absolute atomic E-state index is 0.201. The van der Waals surface area contributed by atoms with Crippen LogP contribution in [0.2, 0.25) is 0 Å². The number of aromatic nitrogens is 3. The zero-order valence-corrected chi connectivity index (χ0v) is 11.0. The molecule has 2 aromatic rings. The third-order valence-corrected chi connectivity index (χ3v) is 2.81. The Balaban J connectivity index is 2.20. The van der Waals surface area contributed by atoms with Crippen molar-refractivity contribution < 1.29 is 13.9 Å². The summed E-state index contributed by atoms with van der Waals surface area (Å²) in [6.07, 6.45) is 3.07. The summed E-state index contributed by atoms with van der Waals surface area (Å²) in [5.41, 5.74) is 0.982. The van der Waals surface area contributed by atoms with Crippen molar-refractivity contribution in [2.45, 2.75) is 6.54 Å². The van der Waals surface area contributed by atoms with Crippen molar-refractivity contribution in [3.8, 4) is 0 Å². The number of ether oxygens (including phenoxy) is 1. The summed E-state index contributed by atoms with van der Waals surface area (Å²) in [5, 5.41) is 4.07. The number of carbonyl (C=O) groups is 1. The highest BCUT2D eigenvalue weighted by molar-refractivity contribution is 9.10. The third-order valence-electron chi connectivity index (χ3n) is 2.23. The molecular weight excluding hydrogens is 305 g/mol. The van der Waals surface area contributed by atoms with Crippen molar-refractivity contribution in [1.82, 2.24) is 14.8 Å². The second-order valence-electron chi connectivity index (χ2n) is 3.50. The van der Waals surface area contributed by atoms with Gasteiger partial charge in [-0.25, -0.2) is 9.78 Å². The highest BCUT2D eigenvalue weighted by Crippen LogP contribution is 2.16. The quantitative estimate of drug-likeness (QED) is 0.642. The molecule has 0 amide bonds. The molecule has 0 spiro atoms. The van der Waals surface area contributed by atoms with E-state index in [9.17, 15) is 9.18 Å². The first-order valence-corrected chi connectivity index (χ1v) is 5.81. The van der Waals surface area contributed by atoms with Crippen LogP contribution in [0.15, 0.2) is 29.0 Å². The number of halogens is 2. The van der Waals surface area contributed by atoms with Gasteiger partial charge in [-0.05, 0) is 27.6 Å². The normalized spacial score (nSPS) is 10.4. The molecule has 0 N–H and O–H groups in total. The fourth-order valence-corrected chi connectivity index (χ4v) is 1.88. The Labute approximate surface area is 111 Å². The summed E-state index contributed by atoms with van der Waals surface area (Å²) >= 11 is 3.22. The molecule has 0 saturated carbocycles. The summed E-state index contributed by atoms with van der Waals surface area (Å²) in [6, 6.07) is 2.88. The molecule has 0 aliphatic heterocycles. The van der Waals surface area contributed by atoms with E-state index in [0.29, 0.717) is 11.0 Å². The topological polar surface area (TPSA) is 57.0 Å². The lowest BCUT2D eigenvalue weighted by molar-refractivity contribution is 0.0592. The van der Waals surface area contributed by atoms with E-state index >= 15 is 0 Å². The number of esters is 1. The molecule has 5 nitrogen and oxygen atoms in total. The fraction of sp³-hybridized carbons (Fsp3) is 0.182. The fourth-order valence-electron chi connectivity index (χ4n) is 1.40. The number of rotatable bonds is 3. The lowest BCUT2D eigenvalue weighted by atomic mass is 10.3. The van der Waals surface area contributed by atoms with Crippen molar-refractivity contribution in [2.24, 2.45) is 0 Å². The molecule has 2 rings (SSSR count). The zero-order valence-electron chi connectivity index (χ0n) is 9.43. The molecule has 7 heteroatoms. The summed E-state index contributed by atoms with van der Waals surface area (Å²) in [5.74, 6) is -1.05. The van der Waals surface area contributed by atoms with Crippen molar-refractivity contribution in [3.05, 3.63) is 46.2 Å². The monoisotopic (exact) mass is 313 g/mol. The Morgan fingerprint density at radius 1 is 1.56 bits per heavy atom. The number of nitrogens with zero attached hydrogens (tertiary/aromatic N) is 3. The van der Waals surface area contributed by atoms with Crippen molar-refractivity contribution in [1.29, 1.82) is 0 Å². The SMILES string of the molecule is COC(=O)c1nn(Cc2ccc(F)nc2)cc1Br. The average Bonchev–Trinajstić information content (AvgIpc) is 2.72. The number of pyridine rings is 1. The molecule has 0 aromatic carbocycles. The molecule has 0 atom stereocenters. The van der Waals surface area contributed by atoms with Crippen LogP contribution in [0.4, 0.5) is 4.39 Å². The third kappa shape index (κ3) is 2.73. The maximum Gasteiger partial charge on any atom is 0.359 e. The molecule has 0 saturated heterocycles. The van der Waals surface area contributed by atoms with Gasteiger partial charge in [0.25, 0.3) is 0 Å². The first kappa shape index (κ1) is 12.7. The maximum atomic E-state index is 12.6. The van der Waals surface area contributed by atoms with Gasteiger partial charge in [0.1, 0.15) is 0 Å². The first-order valence-electron chi connectivity index (χ1n) is 5.02. The molecule has 94 valence electrons. The van der Waals surface area contributed by atoms with Gasteiger partial charge in [-0.1, -0.05) is 6.07 Å². The number of hydrogen-bond donors (Lipinski definition) is 0. The van der Waals surface area contributed by atoms with E-state index in [1.165, 1.54) is 19.4 Å². The predicted molar refractivity (Wildman–Crippen MR) is 64.6 cm³/mol. The minimum Gasteiger partial charge on any atom is -0.464 e. The molecule has 0 bridgehead atoms. The van der Waals surface area contributed by atoms with Gasteiger partial charge in [0.15, 0.2) is 5.69 Å². The molecule has 18 heavy (non-hydrogen) atoms.